The molecule has 3 nitrogen and oxygen atoms in total. The van der Waals surface area contributed by atoms with Crippen molar-refractivity contribution in [3.63, 3.8) is 0 Å². The first-order valence-electron chi connectivity index (χ1n) is 7.32. The number of hydrogen-bond donors (Lipinski definition) is 2. The van der Waals surface area contributed by atoms with Crippen molar-refractivity contribution in [2.45, 2.75) is 51.5 Å². The van der Waals surface area contributed by atoms with Gasteiger partial charge in [0.1, 0.15) is 0 Å². The van der Waals surface area contributed by atoms with Crippen LogP contribution in [0.25, 0.3) is 0 Å². The third-order valence-corrected chi connectivity index (χ3v) is 5.26. The van der Waals surface area contributed by atoms with E-state index in [1.807, 2.05) is 11.3 Å². The molecule has 1 saturated heterocycles. The predicted molar refractivity (Wildman–Crippen MR) is 83.4 cm³/mol. The van der Waals surface area contributed by atoms with Crippen molar-refractivity contribution < 1.29 is 0 Å². The fraction of sp³-hybridized carbons (Fsp3) is 0.733. The molecular formula is C15H27N3S. The zero-order valence-corrected chi connectivity index (χ0v) is 13.2. The number of thiophene rings is 1. The Hall–Kier alpha value is -0.420. The van der Waals surface area contributed by atoms with Crippen LogP contribution in [0.15, 0.2) is 12.1 Å². The molecule has 0 aliphatic carbocycles. The fourth-order valence-corrected chi connectivity index (χ4v) is 3.54. The van der Waals surface area contributed by atoms with Gasteiger partial charge in [-0.2, -0.15) is 0 Å². The smallest absolute Gasteiger partial charge is 0.0680 e. The first kappa shape index (κ1) is 15.0. The van der Waals surface area contributed by atoms with Crippen molar-refractivity contribution >= 4 is 11.3 Å². The van der Waals surface area contributed by atoms with E-state index in [0.29, 0.717) is 6.54 Å². The van der Waals surface area contributed by atoms with Crippen molar-refractivity contribution in [1.29, 1.82) is 0 Å². The van der Waals surface area contributed by atoms with Crippen LogP contribution in [0, 0.1) is 0 Å². The van der Waals surface area contributed by atoms with Crippen LogP contribution in [-0.2, 0) is 5.41 Å². The fourth-order valence-electron chi connectivity index (χ4n) is 2.42. The summed E-state index contributed by atoms with van der Waals surface area (Å²) in [6.07, 6.45) is 3.95. The molecule has 108 valence electrons. The van der Waals surface area contributed by atoms with E-state index in [4.69, 9.17) is 5.73 Å². The van der Waals surface area contributed by atoms with Gasteiger partial charge in [0.2, 0.25) is 0 Å². The van der Waals surface area contributed by atoms with E-state index in [2.05, 4.69) is 43.3 Å². The molecule has 2 rings (SSSR count). The molecule has 1 aromatic heterocycles. The van der Waals surface area contributed by atoms with E-state index < -0.39 is 0 Å². The minimum atomic E-state index is 0.229. The van der Waals surface area contributed by atoms with Gasteiger partial charge in [-0.25, -0.2) is 10.4 Å². The van der Waals surface area contributed by atoms with Gasteiger partial charge in [0.15, 0.2) is 0 Å². The monoisotopic (exact) mass is 281 g/mol. The summed E-state index contributed by atoms with van der Waals surface area (Å²) in [5, 5.41) is 2.34. The van der Waals surface area contributed by atoms with E-state index in [0.717, 1.165) is 13.1 Å². The molecule has 0 radical (unpaired) electrons. The van der Waals surface area contributed by atoms with Gasteiger partial charge in [-0.05, 0) is 30.4 Å². The van der Waals surface area contributed by atoms with Crippen LogP contribution >= 0.6 is 11.3 Å². The van der Waals surface area contributed by atoms with E-state index >= 15 is 0 Å². The highest BCUT2D eigenvalue weighted by molar-refractivity contribution is 7.12. The lowest BCUT2D eigenvalue weighted by atomic mass is 9.95. The van der Waals surface area contributed by atoms with Crippen LogP contribution in [0.3, 0.4) is 0 Å². The first-order valence-corrected chi connectivity index (χ1v) is 8.14. The topological polar surface area (TPSA) is 41.3 Å². The Morgan fingerprint density at radius 2 is 1.95 bits per heavy atom. The molecule has 0 spiro atoms. The van der Waals surface area contributed by atoms with E-state index in [1.165, 1.54) is 29.0 Å². The van der Waals surface area contributed by atoms with Gasteiger partial charge in [-0.1, -0.05) is 27.2 Å². The Morgan fingerprint density at radius 3 is 2.47 bits per heavy atom. The molecule has 19 heavy (non-hydrogen) atoms. The van der Waals surface area contributed by atoms with Gasteiger partial charge >= 0.3 is 0 Å². The minimum Gasteiger partial charge on any atom is -0.329 e. The molecule has 4 heteroatoms. The molecule has 0 bridgehead atoms. The van der Waals surface area contributed by atoms with Gasteiger partial charge in [0.05, 0.1) is 6.04 Å². The Balaban J connectivity index is 2.02. The van der Waals surface area contributed by atoms with Crippen molar-refractivity contribution in [1.82, 2.24) is 10.4 Å². The lowest BCUT2D eigenvalue weighted by Gasteiger charge is -2.31. The minimum absolute atomic E-state index is 0.229. The third kappa shape index (κ3) is 4.02. The van der Waals surface area contributed by atoms with Gasteiger partial charge in [0, 0.05) is 29.4 Å². The summed E-state index contributed by atoms with van der Waals surface area (Å²) in [5.74, 6) is 0. The average molecular weight is 281 g/mol. The maximum atomic E-state index is 5.96. The maximum Gasteiger partial charge on any atom is 0.0680 e. The molecule has 1 unspecified atom stereocenters. The summed E-state index contributed by atoms with van der Waals surface area (Å²) in [4.78, 5) is 2.79. The molecule has 0 saturated carbocycles. The van der Waals surface area contributed by atoms with Crippen LogP contribution in [0.4, 0.5) is 0 Å². The largest absolute Gasteiger partial charge is 0.329 e. The van der Waals surface area contributed by atoms with Crippen molar-refractivity contribution in [2.75, 3.05) is 19.6 Å². The summed E-state index contributed by atoms with van der Waals surface area (Å²) in [7, 11) is 0. The Morgan fingerprint density at radius 1 is 1.26 bits per heavy atom. The van der Waals surface area contributed by atoms with Gasteiger partial charge in [0.25, 0.3) is 0 Å². The standard InChI is InChI=1S/C15H27N3S/c1-15(2,3)14-8-7-13(19-14)12(11-16)17-18-9-5-4-6-10-18/h7-8,12,17H,4-6,9-11,16H2,1-3H3. The van der Waals surface area contributed by atoms with Gasteiger partial charge in [-0.3, -0.25) is 0 Å². The quantitative estimate of drug-likeness (QED) is 0.891. The van der Waals surface area contributed by atoms with Crippen LogP contribution in [0.1, 0.15) is 55.8 Å². The number of hydrazine groups is 1. The Bertz CT molecular complexity index is 388. The van der Waals surface area contributed by atoms with Crippen molar-refractivity contribution in [3.05, 3.63) is 21.9 Å². The molecule has 3 N–H and O–H groups in total. The Labute approximate surface area is 121 Å². The second kappa shape index (κ2) is 6.35. The van der Waals surface area contributed by atoms with E-state index in [-0.39, 0.29) is 11.5 Å². The SMILES string of the molecule is CC(C)(C)c1ccc(C(CN)NN2CCCCC2)s1. The number of piperidine rings is 1. The average Bonchev–Trinajstić information content (AvgIpc) is 2.86. The molecule has 1 aliphatic heterocycles. The zero-order valence-electron chi connectivity index (χ0n) is 12.4. The van der Waals surface area contributed by atoms with E-state index in [1.54, 1.807) is 0 Å². The van der Waals surface area contributed by atoms with Crippen LogP contribution in [0.5, 0.6) is 0 Å². The molecule has 1 atom stereocenters. The maximum absolute atomic E-state index is 5.96. The molecular weight excluding hydrogens is 254 g/mol. The number of hydrogen-bond acceptors (Lipinski definition) is 4. The second-order valence-electron chi connectivity index (χ2n) is 6.42. The van der Waals surface area contributed by atoms with Crippen molar-refractivity contribution in [3.8, 4) is 0 Å². The van der Waals surface area contributed by atoms with E-state index in [9.17, 15) is 0 Å². The second-order valence-corrected chi connectivity index (χ2v) is 7.53. The molecule has 2 heterocycles. The lowest BCUT2D eigenvalue weighted by molar-refractivity contribution is 0.131. The molecule has 0 amide bonds. The van der Waals surface area contributed by atoms with Gasteiger partial charge < -0.3 is 5.73 Å². The first-order chi connectivity index (χ1) is 9.00. The molecule has 1 fully saturated rings. The van der Waals surface area contributed by atoms with Crippen molar-refractivity contribution in [2.24, 2.45) is 5.73 Å². The number of nitrogens with zero attached hydrogens (tertiary/aromatic N) is 1. The summed E-state index contributed by atoms with van der Waals surface area (Å²) in [6.45, 7) is 9.73. The van der Waals surface area contributed by atoms with Crippen LogP contribution in [-0.4, -0.2) is 24.6 Å². The lowest BCUT2D eigenvalue weighted by Crippen LogP contribution is -2.45. The molecule has 1 aliphatic rings. The summed E-state index contributed by atoms with van der Waals surface area (Å²) >= 11 is 1.89. The molecule has 1 aromatic rings. The van der Waals surface area contributed by atoms with Crippen LogP contribution < -0.4 is 11.2 Å². The van der Waals surface area contributed by atoms with Crippen LogP contribution in [0.2, 0.25) is 0 Å². The predicted octanol–water partition coefficient (Wildman–Crippen LogP) is 3.04. The number of nitrogens with two attached hydrogens (primary N) is 1. The normalized spacial score (nSPS) is 19.6. The Kier molecular flexibility index (Phi) is 5.01. The summed E-state index contributed by atoms with van der Waals surface area (Å²) in [6, 6.07) is 4.75. The highest BCUT2D eigenvalue weighted by Gasteiger charge is 2.21. The number of nitrogens with one attached hydrogen (secondary N) is 1. The number of rotatable bonds is 4. The summed E-state index contributed by atoms with van der Waals surface area (Å²) < 4.78 is 0. The zero-order chi connectivity index (χ0) is 13.9. The van der Waals surface area contributed by atoms with Gasteiger partial charge in [-0.15, -0.1) is 11.3 Å². The third-order valence-electron chi connectivity index (χ3n) is 3.64. The highest BCUT2D eigenvalue weighted by atomic mass is 32.1. The highest BCUT2D eigenvalue weighted by Crippen LogP contribution is 2.32. The summed E-state index contributed by atoms with van der Waals surface area (Å²) in [5.41, 5.74) is 9.79. The molecule has 0 aromatic carbocycles.